The number of aryl methyl sites for hydroxylation is 1. The summed E-state index contributed by atoms with van der Waals surface area (Å²) in [6, 6.07) is 6.52. The van der Waals surface area contributed by atoms with E-state index >= 15 is 0 Å². The molecule has 0 aromatic carbocycles. The predicted octanol–water partition coefficient (Wildman–Crippen LogP) is 3.23. The maximum atomic E-state index is 6.07. The number of hydrogen-bond acceptors (Lipinski definition) is 3. The van der Waals surface area contributed by atoms with Crippen molar-refractivity contribution in [3.63, 3.8) is 0 Å². The molecule has 1 atom stereocenters. The zero-order valence-corrected chi connectivity index (χ0v) is 10.1. The molecule has 2 aromatic heterocycles. The van der Waals surface area contributed by atoms with Gasteiger partial charge in [0.2, 0.25) is 0 Å². The van der Waals surface area contributed by atoms with E-state index in [1.165, 1.54) is 16.9 Å². The molecule has 2 aromatic rings. The summed E-state index contributed by atoms with van der Waals surface area (Å²) in [6.45, 7) is 0. The third-order valence-corrected chi connectivity index (χ3v) is 3.59. The SMILES string of the molecule is NC(CCCc1cccs1)Cc1ccoc1. The first-order valence-electron chi connectivity index (χ1n) is 5.63. The smallest absolute Gasteiger partial charge is 0.0935 e. The lowest BCUT2D eigenvalue weighted by Gasteiger charge is -2.09. The normalized spacial score (nSPS) is 12.8. The highest BCUT2D eigenvalue weighted by Gasteiger charge is 2.05. The van der Waals surface area contributed by atoms with Crippen LogP contribution < -0.4 is 5.73 Å². The Morgan fingerprint density at radius 2 is 2.31 bits per heavy atom. The van der Waals surface area contributed by atoms with Crippen LogP contribution in [-0.2, 0) is 12.8 Å². The molecule has 0 bridgehead atoms. The maximum Gasteiger partial charge on any atom is 0.0935 e. The summed E-state index contributed by atoms with van der Waals surface area (Å²) in [5.41, 5.74) is 7.26. The fraction of sp³-hybridized carbons (Fsp3) is 0.385. The molecule has 86 valence electrons. The summed E-state index contributed by atoms with van der Waals surface area (Å²) in [5.74, 6) is 0. The van der Waals surface area contributed by atoms with Gasteiger partial charge in [-0.3, -0.25) is 0 Å². The highest BCUT2D eigenvalue weighted by atomic mass is 32.1. The van der Waals surface area contributed by atoms with Crippen molar-refractivity contribution in [2.24, 2.45) is 5.73 Å². The highest BCUT2D eigenvalue weighted by Crippen LogP contribution is 2.13. The molecule has 0 spiro atoms. The topological polar surface area (TPSA) is 39.2 Å². The van der Waals surface area contributed by atoms with E-state index in [0.717, 1.165) is 19.3 Å². The third kappa shape index (κ3) is 3.51. The average Bonchev–Trinajstić information content (AvgIpc) is 2.90. The molecule has 0 saturated heterocycles. The minimum absolute atomic E-state index is 0.248. The van der Waals surface area contributed by atoms with Crippen LogP contribution >= 0.6 is 11.3 Å². The summed E-state index contributed by atoms with van der Waals surface area (Å²) >= 11 is 1.82. The molecule has 0 amide bonds. The van der Waals surface area contributed by atoms with E-state index in [1.807, 2.05) is 17.4 Å². The van der Waals surface area contributed by atoms with Gasteiger partial charge in [-0.05, 0) is 48.8 Å². The molecule has 2 nitrogen and oxygen atoms in total. The standard InChI is InChI=1S/C13H17NOS/c14-12(9-11-6-7-15-10-11)3-1-4-13-5-2-8-16-13/h2,5-8,10,12H,1,3-4,9,14H2. The second-order valence-corrected chi connectivity index (χ2v) is 5.10. The Hall–Kier alpha value is -1.06. The molecule has 0 saturated carbocycles. The second kappa shape index (κ2) is 5.87. The fourth-order valence-electron chi connectivity index (χ4n) is 1.81. The molecule has 16 heavy (non-hydrogen) atoms. The predicted molar refractivity (Wildman–Crippen MR) is 67.6 cm³/mol. The van der Waals surface area contributed by atoms with E-state index < -0.39 is 0 Å². The monoisotopic (exact) mass is 235 g/mol. The van der Waals surface area contributed by atoms with Crippen molar-refractivity contribution in [2.75, 3.05) is 0 Å². The van der Waals surface area contributed by atoms with Gasteiger partial charge in [0.25, 0.3) is 0 Å². The fourth-order valence-corrected chi connectivity index (χ4v) is 2.56. The Morgan fingerprint density at radius 3 is 3.00 bits per heavy atom. The van der Waals surface area contributed by atoms with E-state index in [-0.39, 0.29) is 6.04 Å². The quantitative estimate of drug-likeness (QED) is 0.835. The van der Waals surface area contributed by atoms with Crippen molar-refractivity contribution >= 4 is 11.3 Å². The van der Waals surface area contributed by atoms with Crippen LogP contribution in [0.25, 0.3) is 0 Å². The van der Waals surface area contributed by atoms with Gasteiger partial charge in [-0.25, -0.2) is 0 Å². The zero-order valence-electron chi connectivity index (χ0n) is 9.26. The van der Waals surface area contributed by atoms with Crippen molar-refractivity contribution < 1.29 is 4.42 Å². The van der Waals surface area contributed by atoms with Gasteiger partial charge >= 0.3 is 0 Å². The summed E-state index contributed by atoms with van der Waals surface area (Å²) in [5, 5.41) is 2.13. The summed E-state index contributed by atoms with van der Waals surface area (Å²) in [6.07, 6.45) is 7.78. The second-order valence-electron chi connectivity index (χ2n) is 4.07. The van der Waals surface area contributed by atoms with Crippen molar-refractivity contribution in [3.8, 4) is 0 Å². The maximum absolute atomic E-state index is 6.07. The minimum atomic E-state index is 0.248. The molecule has 1 unspecified atom stereocenters. The van der Waals surface area contributed by atoms with E-state index in [9.17, 15) is 0 Å². The lowest BCUT2D eigenvalue weighted by atomic mass is 10.0. The van der Waals surface area contributed by atoms with Gasteiger partial charge in [0.15, 0.2) is 0 Å². The van der Waals surface area contributed by atoms with Crippen molar-refractivity contribution in [1.82, 2.24) is 0 Å². The number of hydrogen-bond donors (Lipinski definition) is 1. The van der Waals surface area contributed by atoms with Crippen LogP contribution in [0.15, 0.2) is 40.5 Å². The van der Waals surface area contributed by atoms with Gasteiger partial charge in [0, 0.05) is 10.9 Å². The molecule has 0 fully saturated rings. The molecule has 0 aliphatic rings. The molecule has 0 radical (unpaired) electrons. The third-order valence-electron chi connectivity index (χ3n) is 2.66. The van der Waals surface area contributed by atoms with Crippen LogP contribution in [0.3, 0.4) is 0 Å². The Morgan fingerprint density at radius 1 is 1.38 bits per heavy atom. The first kappa shape index (κ1) is 11.4. The Kier molecular flexibility index (Phi) is 4.19. The van der Waals surface area contributed by atoms with Crippen LogP contribution in [-0.4, -0.2) is 6.04 Å². The largest absolute Gasteiger partial charge is 0.472 e. The molecule has 0 aliphatic carbocycles. The van der Waals surface area contributed by atoms with Gasteiger partial charge in [0.05, 0.1) is 12.5 Å². The van der Waals surface area contributed by atoms with Crippen LogP contribution in [0.1, 0.15) is 23.3 Å². The Labute approximate surface area is 100 Å². The van der Waals surface area contributed by atoms with Crippen LogP contribution in [0.2, 0.25) is 0 Å². The lowest BCUT2D eigenvalue weighted by Crippen LogP contribution is -2.22. The number of nitrogens with two attached hydrogens (primary N) is 1. The zero-order chi connectivity index (χ0) is 11.2. The summed E-state index contributed by atoms with van der Waals surface area (Å²) < 4.78 is 5.02. The van der Waals surface area contributed by atoms with Gasteiger partial charge in [0.1, 0.15) is 0 Å². The van der Waals surface area contributed by atoms with Crippen LogP contribution in [0.4, 0.5) is 0 Å². The van der Waals surface area contributed by atoms with Gasteiger partial charge in [-0.1, -0.05) is 6.07 Å². The Bertz CT molecular complexity index is 380. The van der Waals surface area contributed by atoms with Gasteiger partial charge in [-0.2, -0.15) is 0 Å². The van der Waals surface area contributed by atoms with E-state index in [2.05, 4.69) is 17.5 Å². The highest BCUT2D eigenvalue weighted by molar-refractivity contribution is 7.09. The van der Waals surface area contributed by atoms with E-state index in [0.29, 0.717) is 0 Å². The molecular formula is C13H17NOS. The van der Waals surface area contributed by atoms with Crippen molar-refractivity contribution in [1.29, 1.82) is 0 Å². The van der Waals surface area contributed by atoms with Crippen molar-refractivity contribution in [3.05, 3.63) is 46.5 Å². The van der Waals surface area contributed by atoms with Crippen LogP contribution in [0, 0.1) is 0 Å². The molecule has 3 heteroatoms. The summed E-state index contributed by atoms with van der Waals surface area (Å²) in [4.78, 5) is 1.45. The van der Waals surface area contributed by atoms with Crippen LogP contribution in [0.5, 0.6) is 0 Å². The van der Waals surface area contributed by atoms with Gasteiger partial charge < -0.3 is 10.2 Å². The lowest BCUT2D eigenvalue weighted by molar-refractivity contribution is 0.551. The average molecular weight is 235 g/mol. The molecule has 2 rings (SSSR count). The molecule has 2 heterocycles. The number of furan rings is 1. The molecular weight excluding hydrogens is 218 g/mol. The summed E-state index contributed by atoms with van der Waals surface area (Å²) in [7, 11) is 0. The van der Waals surface area contributed by atoms with Crippen molar-refractivity contribution in [2.45, 2.75) is 31.7 Å². The van der Waals surface area contributed by atoms with Gasteiger partial charge in [-0.15, -0.1) is 11.3 Å². The molecule has 2 N–H and O–H groups in total. The minimum Gasteiger partial charge on any atom is -0.472 e. The molecule has 0 aliphatic heterocycles. The number of rotatable bonds is 6. The number of thiophene rings is 1. The van der Waals surface area contributed by atoms with E-state index in [1.54, 1.807) is 12.5 Å². The first-order chi connectivity index (χ1) is 7.84. The first-order valence-corrected chi connectivity index (χ1v) is 6.51. The van der Waals surface area contributed by atoms with E-state index in [4.69, 9.17) is 10.2 Å². The Balaban J connectivity index is 1.66.